The molecule has 0 saturated carbocycles. The van der Waals surface area contributed by atoms with Crippen LogP contribution in [0.4, 0.5) is 0 Å². The monoisotopic (exact) mass is 520 g/mol. The molecule has 0 amide bonds. The van der Waals surface area contributed by atoms with E-state index in [9.17, 15) is 25.5 Å². The summed E-state index contributed by atoms with van der Waals surface area (Å²) in [4.78, 5) is 0. The number of ether oxygens (including phenoxy) is 6. The normalized spacial score (nSPS) is 33.0. The number of aromatic hydroxyl groups is 1. The Morgan fingerprint density at radius 2 is 1.78 bits per heavy atom. The van der Waals surface area contributed by atoms with Crippen LogP contribution in [0.25, 0.3) is 0 Å². The van der Waals surface area contributed by atoms with E-state index < -0.39 is 37.3 Å². The Morgan fingerprint density at radius 3 is 2.57 bits per heavy atom. The van der Waals surface area contributed by atoms with E-state index in [4.69, 9.17) is 28.4 Å². The maximum absolute atomic E-state index is 10.4. The zero-order valence-electron chi connectivity index (χ0n) is 20.3. The van der Waals surface area contributed by atoms with Gasteiger partial charge in [0.2, 0.25) is 6.79 Å². The Hall–Kier alpha value is -2.64. The molecule has 2 saturated heterocycles. The molecule has 0 aliphatic carbocycles. The Morgan fingerprint density at radius 1 is 0.973 bits per heavy atom. The molecule has 0 spiro atoms. The fourth-order valence-electron chi connectivity index (χ4n) is 5.15. The van der Waals surface area contributed by atoms with E-state index in [0.717, 1.165) is 11.1 Å². The van der Waals surface area contributed by atoms with Crippen LogP contribution in [-0.4, -0.2) is 90.0 Å². The summed E-state index contributed by atoms with van der Waals surface area (Å²) in [6, 6.07) is 10.8. The molecule has 11 nitrogen and oxygen atoms in total. The molecule has 5 N–H and O–H groups in total. The molecular weight excluding hydrogens is 488 g/mol. The first-order valence-corrected chi connectivity index (χ1v) is 12.2. The lowest BCUT2D eigenvalue weighted by Crippen LogP contribution is -2.59. The van der Waals surface area contributed by atoms with Crippen molar-refractivity contribution < 1.29 is 54.0 Å². The van der Waals surface area contributed by atoms with Crippen molar-refractivity contribution in [3.05, 3.63) is 47.5 Å². The molecule has 0 bridgehead atoms. The van der Waals surface area contributed by atoms with Crippen molar-refractivity contribution >= 4 is 0 Å². The van der Waals surface area contributed by atoms with Gasteiger partial charge in [-0.25, -0.2) is 0 Å². The fourth-order valence-corrected chi connectivity index (χ4v) is 5.15. The van der Waals surface area contributed by atoms with Crippen molar-refractivity contribution in [2.45, 2.75) is 43.2 Å². The number of methoxy groups -OCH3 is 1. The molecule has 0 aromatic heterocycles. The molecule has 3 aliphatic rings. The van der Waals surface area contributed by atoms with Crippen LogP contribution in [0.3, 0.4) is 0 Å². The molecule has 2 fully saturated rings. The van der Waals surface area contributed by atoms with Crippen LogP contribution in [0.15, 0.2) is 36.4 Å². The van der Waals surface area contributed by atoms with Crippen LogP contribution < -0.4 is 14.2 Å². The van der Waals surface area contributed by atoms with Gasteiger partial charge in [0.25, 0.3) is 0 Å². The third kappa shape index (κ3) is 5.21. The van der Waals surface area contributed by atoms with Gasteiger partial charge in [-0.15, -0.1) is 0 Å². The first-order chi connectivity index (χ1) is 17.9. The van der Waals surface area contributed by atoms with Gasteiger partial charge in [0.05, 0.1) is 33.0 Å². The summed E-state index contributed by atoms with van der Waals surface area (Å²) in [5, 5.41) is 50.1. The molecule has 0 radical (unpaired) electrons. The van der Waals surface area contributed by atoms with Gasteiger partial charge < -0.3 is 54.0 Å². The van der Waals surface area contributed by atoms with Crippen molar-refractivity contribution in [2.24, 2.45) is 11.8 Å². The third-order valence-electron chi connectivity index (χ3n) is 7.25. The minimum Gasteiger partial charge on any atom is -0.504 e. The highest BCUT2D eigenvalue weighted by Crippen LogP contribution is 2.44. The van der Waals surface area contributed by atoms with E-state index in [1.807, 2.05) is 24.3 Å². The molecule has 3 heterocycles. The largest absolute Gasteiger partial charge is 0.504 e. The van der Waals surface area contributed by atoms with Crippen molar-refractivity contribution in [1.29, 1.82) is 0 Å². The number of fused-ring (bicyclic) bond motifs is 1. The second-order valence-corrected chi connectivity index (χ2v) is 9.53. The molecule has 202 valence electrons. The van der Waals surface area contributed by atoms with E-state index in [2.05, 4.69) is 0 Å². The number of phenolic OH excluding ortho intramolecular Hbond substituents is 1. The van der Waals surface area contributed by atoms with Gasteiger partial charge in [-0.05, 0) is 47.7 Å². The van der Waals surface area contributed by atoms with Gasteiger partial charge in [-0.1, -0.05) is 12.1 Å². The zero-order valence-corrected chi connectivity index (χ0v) is 20.3. The quantitative estimate of drug-likeness (QED) is 0.330. The Kier molecular flexibility index (Phi) is 7.72. The smallest absolute Gasteiger partial charge is 0.231 e. The predicted molar refractivity (Wildman–Crippen MR) is 126 cm³/mol. The molecule has 5 rings (SSSR count). The first-order valence-electron chi connectivity index (χ1n) is 12.2. The molecule has 2 aromatic carbocycles. The topological polar surface area (TPSA) is 157 Å². The Bertz CT molecular complexity index is 1080. The summed E-state index contributed by atoms with van der Waals surface area (Å²) in [6.45, 7) is 0.133. The van der Waals surface area contributed by atoms with Crippen LogP contribution in [0, 0.1) is 11.8 Å². The number of phenols is 1. The molecule has 3 aliphatic heterocycles. The number of hydrogen-bond acceptors (Lipinski definition) is 11. The predicted octanol–water partition coefficient (Wildman–Crippen LogP) is 0.492. The van der Waals surface area contributed by atoms with Crippen LogP contribution in [-0.2, 0) is 20.6 Å². The second-order valence-electron chi connectivity index (χ2n) is 9.53. The average Bonchev–Trinajstić information content (AvgIpc) is 3.54. The summed E-state index contributed by atoms with van der Waals surface area (Å²) in [7, 11) is 1.49. The minimum atomic E-state index is -1.53. The van der Waals surface area contributed by atoms with Crippen LogP contribution in [0.1, 0.15) is 17.2 Å². The maximum atomic E-state index is 10.4. The van der Waals surface area contributed by atoms with Gasteiger partial charge in [0.15, 0.2) is 29.3 Å². The summed E-state index contributed by atoms with van der Waals surface area (Å²) in [6.07, 6.45) is -6.57. The number of benzene rings is 2. The second kappa shape index (κ2) is 11.0. The van der Waals surface area contributed by atoms with Crippen LogP contribution >= 0.6 is 0 Å². The summed E-state index contributed by atoms with van der Waals surface area (Å²) >= 11 is 0. The molecule has 2 aromatic rings. The highest BCUT2D eigenvalue weighted by atomic mass is 16.7. The van der Waals surface area contributed by atoms with Crippen molar-refractivity contribution in [3.8, 4) is 23.0 Å². The zero-order chi connectivity index (χ0) is 26.1. The number of hydrogen-bond donors (Lipinski definition) is 5. The molecule has 8 atom stereocenters. The Labute approximate surface area is 213 Å². The van der Waals surface area contributed by atoms with E-state index in [1.54, 1.807) is 12.1 Å². The number of rotatable bonds is 8. The lowest BCUT2D eigenvalue weighted by atomic mass is 9.84. The van der Waals surface area contributed by atoms with Crippen molar-refractivity contribution in [1.82, 2.24) is 0 Å². The van der Waals surface area contributed by atoms with Crippen LogP contribution in [0.5, 0.6) is 23.0 Å². The molecular formula is C26H32O11. The highest BCUT2D eigenvalue weighted by molar-refractivity contribution is 5.45. The SMILES string of the molecule is COc1cc(C[C@@H]2CO[C@@H](c3ccc4c(c3)OCO4)[C@@H]2CO[C@@H]2O[C@H](CO)[C@@H](O)[C@H](O)[C@H]2O)ccc1O. The minimum absolute atomic E-state index is 0.0189. The van der Waals surface area contributed by atoms with Gasteiger partial charge >= 0.3 is 0 Å². The molecule has 0 unspecified atom stereocenters. The lowest BCUT2D eigenvalue weighted by Gasteiger charge is -2.40. The molecule has 37 heavy (non-hydrogen) atoms. The third-order valence-corrected chi connectivity index (χ3v) is 7.25. The molecule has 11 heteroatoms. The van der Waals surface area contributed by atoms with E-state index in [1.165, 1.54) is 7.11 Å². The van der Waals surface area contributed by atoms with E-state index >= 15 is 0 Å². The number of aliphatic hydroxyl groups excluding tert-OH is 4. The average molecular weight is 521 g/mol. The van der Waals surface area contributed by atoms with E-state index in [0.29, 0.717) is 30.3 Å². The van der Waals surface area contributed by atoms with Gasteiger partial charge in [0, 0.05) is 5.92 Å². The lowest BCUT2D eigenvalue weighted by molar-refractivity contribution is -0.304. The van der Waals surface area contributed by atoms with Crippen LogP contribution in [0.2, 0.25) is 0 Å². The summed E-state index contributed by atoms with van der Waals surface area (Å²) < 4.78 is 33.9. The Balaban J connectivity index is 1.37. The maximum Gasteiger partial charge on any atom is 0.231 e. The van der Waals surface area contributed by atoms with E-state index in [-0.39, 0.29) is 37.1 Å². The summed E-state index contributed by atoms with van der Waals surface area (Å²) in [5.41, 5.74) is 1.81. The van der Waals surface area contributed by atoms with Crippen molar-refractivity contribution in [3.63, 3.8) is 0 Å². The van der Waals surface area contributed by atoms with Gasteiger partial charge in [-0.3, -0.25) is 0 Å². The fraction of sp³-hybridized carbons (Fsp3) is 0.538. The highest BCUT2D eigenvalue weighted by Gasteiger charge is 2.46. The first kappa shape index (κ1) is 26.0. The van der Waals surface area contributed by atoms with Gasteiger partial charge in [0.1, 0.15) is 24.4 Å². The standard InChI is InChI=1S/C26H32O11/c1-32-19-7-13(2-4-17(19)28)6-15-10-33-25(14-3-5-18-20(8-14)36-12-35-18)16(15)11-34-26-24(31)23(30)22(29)21(9-27)37-26/h2-5,7-8,15-16,21-31H,6,9-12H2,1H3/t15-,16-,21-,22-,23+,24-,25+,26-/m1/s1. The number of aliphatic hydroxyl groups is 4. The summed E-state index contributed by atoms with van der Waals surface area (Å²) in [5.74, 6) is 1.49. The van der Waals surface area contributed by atoms with Gasteiger partial charge in [-0.2, -0.15) is 0 Å². The van der Waals surface area contributed by atoms with Crippen molar-refractivity contribution in [2.75, 3.05) is 33.7 Å².